The summed E-state index contributed by atoms with van der Waals surface area (Å²) < 4.78 is 2.14. The second kappa shape index (κ2) is 9.59. The molecule has 4 heterocycles. The molecule has 0 spiro atoms. The topological polar surface area (TPSA) is 105 Å². The molecule has 39 heavy (non-hydrogen) atoms. The molecule has 2 aliphatic carbocycles. The third kappa shape index (κ3) is 4.37. The van der Waals surface area contributed by atoms with E-state index in [0.29, 0.717) is 24.8 Å². The molecule has 1 saturated heterocycles. The van der Waals surface area contributed by atoms with Crippen molar-refractivity contribution in [3.8, 4) is 17.1 Å². The number of benzene rings is 1. The van der Waals surface area contributed by atoms with Crippen LogP contribution in [0.2, 0.25) is 0 Å². The lowest BCUT2D eigenvalue weighted by atomic mass is 10.1. The molecule has 7 rings (SSSR count). The van der Waals surface area contributed by atoms with Crippen LogP contribution in [0.1, 0.15) is 48.0 Å². The number of nitrogens with one attached hydrogen (secondary N) is 1. The molecule has 1 aliphatic heterocycles. The van der Waals surface area contributed by atoms with Gasteiger partial charge in [0.25, 0.3) is 0 Å². The fraction of sp³-hybridized carbons (Fsp3) is 0.333. The first-order chi connectivity index (χ1) is 19.1. The van der Waals surface area contributed by atoms with Crippen LogP contribution in [-0.4, -0.2) is 61.5 Å². The summed E-state index contributed by atoms with van der Waals surface area (Å²) in [6.07, 6.45) is 7.52. The Morgan fingerprint density at radius 1 is 1.05 bits per heavy atom. The zero-order chi connectivity index (χ0) is 26.5. The quantitative estimate of drug-likeness (QED) is 0.373. The highest BCUT2D eigenvalue weighted by molar-refractivity contribution is 5.87. The van der Waals surface area contributed by atoms with E-state index in [-0.39, 0.29) is 11.9 Å². The molecule has 198 valence electrons. The van der Waals surface area contributed by atoms with Crippen LogP contribution in [0.3, 0.4) is 0 Å². The third-order valence-corrected chi connectivity index (χ3v) is 8.17. The molecule has 1 atom stereocenters. The number of hydrogen-bond donors (Lipinski definition) is 2. The van der Waals surface area contributed by atoms with E-state index in [1.54, 1.807) is 6.20 Å². The Bertz CT molecular complexity index is 1580. The van der Waals surface area contributed by atoms with Gasteiger partial charge in [0.15, 0.2) is 11.5 Å². The average molecular weight is 521 g/mol. The van der Waals surface area contributed by atoms with Crippen molar-refractivity contribution in [3.05, 3.63) is 78.1 Å². The maximum atomic E-state index is 11.9. The zero-order valence-corrected chi connectivity index (χ0v) is 21.9. The largest absolute Gasteiger partial charge is 0.383 e. The Morgan fingerprint density at radius 2 is 1.90 bits per heavy atom. The first-order valence-electron chi connectivity index (χ1n) is 13.7. The minimum atomic E-state index is 0.00608. The van der Waals surface area contributed by atoms with E-state index < -0.39 is 0 Å². The number of carbonyl (C=O) groups is 1. The van der Waals surface area contributed by atoms with Gasteiger partial charge in [-0.2, -0.15) is 0 Å². The highest BCUT2D eigenvalue weighted by atomic mass is 16.2. The van der Waals surface area contributed by atoms with Gasteiger partial charge >= 0.3 is 0 Å². The lowest BCUT2D eigenvalue weighted by molar-refractivity contribution is -0.128. The molecule has 4 aromatic rings. The van der Waals surface area contributed by atoms with E-state index >= 15 is 0 Å². The molecule has 0 radical (unpaired) electrons. The number of pyridine rings is 2. The van der Waals surface area contributed by atoms with Crippen molar-refractivity contribution in [2.45, 2.75) is 37.6 Å². The van der Waals surface area contributed by atoms with E-state index in [1.165, 1.54) is 30.0 Å². The van der Waals surface area contributed by atoms with Crippen molar-refractivity contribution in [1.82, 2.24) is 34.9 Å². The molecule has 0 bridgehead atoms. The Labute approximate surface area is 227 Å². The highest BCUT2D eigenvalue weighted by Crippen LogP contribution is 2.41. The van der Waals surface area contributed by atoms with Gasteiger partial charge in [-0.05, 0) is 79.3 Å². The van der Waals surface area contributed by atoms with Gasteiger partial charge in [0.1, 0.15) is 11.3 Å². The number of piperazine rings is 1. The molecule has 1 aromatic carbocycles. The number of imidazole rings is 1. The van der Waals surface area contributed by atoms with Crippen LogP contribution in [0.15, 0.2) is 61.3 Å². The number of amides is 1. The van der Waals surface area contributed by atoms with Crippen molar-refractivity contribution in [2.75, 3.05) is 31.9 Å². The number of nitrogens with zero attached hydrogens (tertiary/aromatic N) is 6. The third-order valence-electron chi connectivity index (χ3n) is 8.17. The highest BCUT2D eigenvalue weighted by Gasteiger charge is 2.29. The van der Waals surface area contributed by atoms with Crippen LogP contribution in [0, 0.1) is 0 Å². The predicted octanol–water partition coefficient (Wildman–Crippen LogP) is 3.76. The molecule has 3 aromatic heterocycles. The van der Waals surface area contributed by atoms with Crippen LogP contribution in [-0.2, 0) is 11.2 Å². The summed E-state index contributed by atoms with van der Waals surface area (Å²) in [5, 5.41) is 2.25. The number of fused-ring (bicyclic) bond motifs is 2. The second-order valence-electron chi connectivity index (χ2n) is 10.7. The first kappa shape index (κ1) is 24.0. The van der Waals surface area contributed by atoms with Gasteiger partial charge in [0, 0.05) is 55.7 Å². The van der Waals surface area contributed by atoms with Crippen molar-refractivity contribution in [1.29, 1.82) is 0 Å². The van der Waals surface area contributed by atoms with Gasteiger partial charge in [0.05, 0.1) is 5.56 Å². The number of nitrogen functional groups attached to an aromatic ring is 1. The number of nitrogens with two attached hydrogens (primary N) is 1. The van der Waals surface area contributed by atoms with Gasteiger partial charge < -0.3 is 10.6 Å². The standard InChI is InChI=1S/C30H32N8O/c1-2-27(39)36-14-16-37(17-15-36)35-25-10-7-20-18-21(8-9-22(20)25)38-29(23-4-3-13-32-28(23)31)34-26-12-11-24(19-5-6-19)33-30(26)38/h2-4,8-9,11-13,18-19,25,35H,1,5-7,10,14-17H2,(H2,31,32)/t25-/m1/s1. The molecular weight excluding hydrogens is 488 g/mol. The Balaban J connectivity index is 1.21. The van der Waals surface area contributed by atoms with E-state index in [0.717, 1.165) is 59.9 Å². The van der Waals surface area contributed by atoms with Crippen molar-refractivity contribution in [3.63, 3.8) is 0 Å². The summed E-state index contributed by atoms with van der Waals surface area (Å²) in [5.74, 6) is 1.77. The van der Waals surface area contributed by atoms with Crippen molar-refractivity contribution < 1.29 is 4.79 Å². The van der Waals surface area contributed by atoms with Gasteiger partial charge in [-0.1, -0.05) is 12.6 Å². The molecule has 3 aliphatic rings. The summed E-state index contributed by atoms with van der Waals surface area (Å²) in [6, 6.07) is 15.0. The minimum Gasteiger partial charge on any atom is -0.383 e. The van der Waals surface area contributed by atoms with Crippen LogP contribution in [0.4, 0.5) is 5.82 Å². The van der Waals surface area contributed by atoms with Gasteiger partial charge in [-0.25, -0.2) is 25.4 Å². The number of anilines is 1. The smallest absolute Gasteiger partial charge is 0.246 e. The number of aromatic nitrogens is 4. The monoisotopic (exact) mass is 520 g/mol. The minimum absolute atomic E-state index is 0.00608. The summed E-state index contributed by atoms with van der Waals surface area (Å²) >= 11 is 0. The van der Waals surface area contributed by atoms with Crippen molar-refractivity contribution >= 4 is 22.9 Å². The number of carbonyl (C=O) groups excluding carboxylic acids is 1. The fourth-order valence-electron chi connectivity index (χ4n) is 5.89. The first-order valence-corrected chi connectivity index (χ1v) is 13.7. The van der Waals surface area contributed by atoms with E-state index in [2.05, 4.69) is 56.9 Å². The van der Waals surface area contributed by atoms with Gasteiger partial charge in [-0.15, -0.1) is 0 Å². The van der Waals surface area contributed by atoms with Crippen LogP contribution in [0.5, 0.6) is 0 Å². The maximum absolute atomic E-state index is 11.9. The molecule has 9 heteroatoms. The lowest BCUT2D eigenvalue weighted by Crippen LogP contribution is -2.53. The average Bonchev–Trinajstić information content (AvgIpc) is 3.65. The van der Waals surface area contributed by atoms with E-state index in [9.17, 15) is 4.79 Å². The van der Waals surface area contributed by atoms with Crippen molar-refractivity contribution in [2.24, 2.45) is 0 Å². The molecule has 1 saturated carbocycles. The SMILES string of the molecule is C=CC(=O)N1CCN(N[C@@H]2CCc3cc(-n4c(-c5cccnc5N)nc5ccc(C6CC6)nc54)ccc32)CC1. The summed E-state index contributed by atoms with van der Waals surface area (Å²) in [4.78, 5) is 28.2. The lowest BCUT2D eigenvalue weighted by Gasteiger charge is -2.36. The summed E-state index contributed by atoms with van der Waals surface area (Å²) in [5.41, 5.74) is 17.4. The number of hydrazine groups is 1. The zero-order valence-electron chi connectivity index (χ0n) is 21.9. The molecule has 0 unspecified atom stereocenters. The summed E-state index contributed by atoms with van der Waals surface area (Å²) in [7, 11) is 0. The van der Waals surface area contributed by atoms with Crippen LogP contribution >= 0.6 is 0 Å². The Kier molecular flexibility index (Phi) is 5.90. The molecule has 3 N–H and O–H groups in total. The fourth-order valence-corrected chi connectivity index (χ4v) is 5.89. The molecule has 9 nitrogen and oxygen atoms in total. The summed E-state index contributed by atoms with van der Waals surface area (Å²) in [6.45, 7) is 6.63. The maximum Gasteiger partial charge on any atom is 0.246 e. The number of rotatable bonds is 6. The molecule has 2 fully saturated rings. The van der Waals surface area contributed by atoms with Crippen LogP contribution < -0.4 is 11.2 Å². The Hall–Kier alpha value is -4.08. The molecule has 1 amide bonds. The number of hydrogen-bond acceptors (Lipinski definition) is 7. The number of aryl methyl sites for hydroxylation is 1. The second-order valence-corrected chi connectivity index (χ2v) is 10.7. The predicted molar refractivity (Wildman–Crippen MR) is 151 cm³/mol. The van der Waals surface area contributed by atoms with Gasteiger partial charge in [-0.3, -0.25) is 9.36 Å². The van der Waals surface area contributed by atoms with E-state index in [1.807, 2.05) is 17.0 Å². The normalized spacial score (nSPS) is 19.4. The van der Waals surface area contributed by atoms with Gasteiger partial charge in [0.2, 0.25) is 5.91 Å². The van der Waals surface area contributed by atoms with E-state index in [4.69, 9.17) is 15.7 Å². The Morgan fingerprint density at radius 3 is 2.67 bits per heavy atom. The molecular formula is C30H32N8O. The van der Waals surface area contributed by atoms with Crippen LogP contribution in [0.25, 0.3) is 28.2 Å².